The molecule has 8 heteroatoms. The van der Waals surface area contributed by atoms with Gasteiger partial charge in [0, 0.05) is 18.8 Å². The summed E-state index contributed by atoms with van der Waals surface area (Å²) in [5.74, 6) is 0.483. The van der Waals surface area contributed by atoms with Gasteiger partial charge in [-0.1, -0.05) is 12.1 Å². The van der Waals surface area contributed by atoms with E-state index in [2.05, 4.69) is 5.32 Å². The molecule has 8 nitrogen and oxygen atoms in total. The van der Waals surface area contributed by atoms with E-state index in [4.69, 9.17) is 9.47 Å². The molecule has 1 fully saturated rings. The molecule has 0 aliphatic carbocycles. The largest absolute Gasteiger partial charge is 0.483 e. The highest BCUT2D eigenvalue weighted by molar-refractivity contribution is 6.04. The molecule has 0 bridgehead atoms. The van der Waals surface area contributed by atoms with Gasteiger partial charge in [-0.15, -0.1) is 0 Å². The number of aryl methyl sites for hydroxylation is 2. The van der Waals surface area contributed by atoms with Gasteiger partial charge in [0.25, 0.3) is 11.8 Å². The summed E-state index contributed by atoms with van der Waals surface area (Å²) < 4.78 is 11.4. The lowest BCUT2D eigenvalue weighted by Gasteiger charge is -2.35. The maximum Gasteiger partial charge on any atom is 0.268 e. The first kappa shape index (κ1) is 23.6. The molecule has 1 unspecified atom stereocenters. The van der Waals surface area contributed by atoms with Gasteiger partial charge in [0.1, 0.15) is 18.0 Å². The molecule has 0 radical (unpaired) electrons. The number of fused-ring (bicyclic) bond motifs is 1. The maximum absolute atomic E-state index is 12.9. The summed E-state index contributed by atoms with van der Waals surface area (Å²) in [7, 11) is 0. The lowest BCUT2D eigenvalue weighted by molar-refractivity contribution is -0.133. The summed E-state index contributed by atoms with van der Waals surface area (Å²) >= 11 is 0. The second-order valence-corrected chi connectivity index (χ2v) is 8.91. The Kier molecular flexibility index (Phi) is 7.05. The predicted molar refractivity (Wildman–Crippen MR) is 129 cm³/mol. The Morgan fingerprint density at radius 2 is 1.85 bits per heavy atom. The number of carbonyl (C=O) groups excluding carboxylic acids is 3. The number of hydrogen-bond donors (Lipinski definition) is 1. The molecule has 2 aliphatic rings. The smallest absolute Gasteiger partial charge is 0.268 e. The van der Waals surface area contributed by atoms with E-state index in [-0.39, 0.29) is 30.9 Å². The Labute approximate surface area is 199 Å². The first-order chi connectivity index (χ1) is 16.3. The molecule has 0 aromatic heterocycles. The number of hydrogen-bond acceptors (Lipinski definition) is 5. The van der Waals surface area contributed by atoms with Crippen LogP contribution < -0.4 is 19.7 Å². The van der Waals surface area contributed by atoms with Gasteiger partial charge in [-0.25, -0.2) is 0 Å². The first-order valence-electron chi connectivity index (χ1n) is 11.7. The van der Waals surface area contributed by atoms with Crippen LogP contribution in [0, 0.1) is 13.8 Å². The molecular formula is C26H31N3O5. The molecule has 180 valence electrons. The molecular weight excluding hydrogens is 434 g/mol. The first-order valence-corrected chi connectivity index (χ1v) is 11.7. The number of nitrogens with zero attached hydrogens (tertiary/aromatic N) is 2. The van der Waals surface area contributed by atoms with E-state index in [0.29, 0.717) is 22.9 Å². The van der Waals surface area contributed by atoms with Crippen molar-refractivity contribution in [2.75, 3.05) is 36.5 Å². The van der Waals surface area contributed by atoms with Crippen LogP contribution in [0.15, 0.2) is 36.4 Å². The monoisotopic (exact) mass is 465 g/mol. The SMILES string of the molecule is Cc1ccc(C)c(OCC(=O)Nc2ccc3c(c2)N(CC(=O)N2CCCCC2)C(=O)C(C)O3)c1. The fourth-order valence-electron chi connectivity index (χ4n) is 4.23. The number of amides is 3. The van der Waals surface area contributed by atoms with Crippen LogP contribution >= 0.6 is 0 Å². The Bertz CT molecular complexity index is 1090. The summed E-state index contributed by atoms with van der Waals surface area (Å²) in [4.78, 5) is 41.5. The van der Waals surface area contributed by atoms with Gasteiger partial charge in [0.15, 0.2) is 12.7 Å². The standard InChI is InChI=1S/C26H31N3O5/c1-17-7-8-18(2)23(13-17)33-16-24(30)27-20-9-10-22-21(14-20)29(26(32)19(3)34-22)15-25(31)28-11-5-4-6-12-28/h7-10,13-14,19H,4-6,11-12,15-16H2,1-3H3,(H,27,30). The third-order valence-electron chi connectivity index (χ3n) is 6.16. The number of rotatable bonds is 6. The van der Waals surface area contributed by atoms with E-state index in [9.17, 15) is 14.4 Å². The number of ether oxygens (including phenoxy) is 2. The number of anilines is 2. The Morgan fingerprint density at radius 1 is 1.09 bits per heavy atom. The van der Waals surface area contributed by atoms with Crippen molar-refractivity contribution in [2.45, 2.75) is 46.1 Å². The van der Waals surface area contributed by atoms with Crippen LogP contribution in [0.1, 0.15) is 37.3 Å². The average molecular weight is 466 g/mol. The molecule has 34 heavy (non-hydrogen) atoms. The third kappa shape index (κ3) is 5.32. The minimum absolute atomic E-state index is 0.0489. The van der Waals surface area contributed by atoms with Crippen molar-refractivity contribution in [3.63, 3.8) is 0 Å². The Morgan fingerprint density at radius 3 is 2.62 bits per heavy atom. The van der Waals surface area contributed by atoms with Crippen molar-refractivity contribution in [1.82, 2.24) is 4.90 Å². The Balaban J connectivity index is 1.46. The summed E-state index contributed by atoms with van der Waals surface area (Å²) in [6.45, 7) is 6.80. The lowest BCUT2D eigenvalue weighted by Crippen LogP contribution is -2.50. The highest BCUT2D eigenvalue weighted by Gasteiger charge is 2.34. The maximum atomic E-state index is 12.9. The van der Waals surface area contributed by atoms with Crippen LogP contribution in [0.25, 0.3) is 0 Å². The summed E-state index contributed by atoms with van der Waals surface area (Å²) in [6, 6.07) is 10.9. The van der Waals surface area contributed by atoms with E-state index in [1.54, 1.807) is 25.1 Å². The molecule has 2 aromatic carbocycles. The summed E-state index contributed by atoms with van der Waals surface area (Å²) in [5, 5.41) is 2.81. The summed E-state index contributed by atoms with van der Waals surface area (Å²) in [5.41, 5.74) is 2.97. The van der Waals surface area contributed by atoms with Crippen LogP contribution in [0.2, 0.25) is 0 Å². The molecule has 1 atom stereocenters. The zero-order valence-corrected chi connectivity index (χ0v) is 19.9. The Hall–Kier alpha value is -3.55. The van der Waals surface area contributed by atoms with Crippen LogP contribution in [0.4, 0.5) is 11.4 Å². The molecule has 1 saturated heterocycles. The van der Waals surface area contributed by atoms with Crippen molar-refractivity contribution in [3.05, 3.63) is 47.5 Å². The number of benzene rings is 2. The molecule has 2 heterocycles. The van der Waals surface area contributed by atoms with Crippen LogP contribution in [0.3, 0.4) is 0 Å². The fourth-order valence-corrected chi connectivity index (χ4v) is 4.23. The summed E-state index contributed by atoms with van der Waals surface area (Å²) in [6.07, 6.45) is 2.40. The lowest BCUT2D eigenvalue weighted by atomic mass is 10.1. The molecule has 2 aliphatic heterocycles. The zero-order valence-electron chi connectivity index (χ0n) is 19.9. The second-order valence-electron chi connectivity index (χ2n) is 8.91. The second kappa shape index (κ2) is 10.2. The normalized spacial score (nSPS) is 17.6. The highest BCUT2D eigenvalue weighted by atomic mass is 16.5. The number of carbonyl (C=O) groups is 3. The van der Waals surface area contributed by atoms with Gasteiger partial charge in [-0.05, 0) is 75.4 Å². The van der Waals surface area contributed by atoms with Crippen LogP contribution in [-0.2, 0) is 14.4 Å². The highest BCUT2D eigenvalue weighted by Crippen LogP contribution is 2.36. The van der Waals surface area contributed by atoms with Gasteiger partial charge >= 0.3 is 0 Å². The minimum Gasteiger partial charge on any atom is -0.483 e. The van der Waals surface area contributed by atoms with Gasteiger partial charge in [0.05, 0.1) is 5.69 Å². The average Bonchev–Trinajstić information content (AvgIpc) is 2.83. The van der Waals surface area contributed by atoms with Gasteiger partial charge in [-0.3, -0.25) is 19.3 Å². The molecule has 3 amide bonds. The molecule has 0 spiro atoms. The quantitative estimate of drug-likeness (QED) is 0.706. The fraction of sp³-hybridized carbons (Fsp3) is 0.423. The van der Waals surface area contributed by atoms with E-state index in [1.165, 1.54) is 4.90 Å². The topological polar surface area (TPSA) is 88.2 Å². The van der Waals surface area contributed by atoms with Crippen molar-refractivity contribution in [3.8, 4) is 11.5 Å². The molecule has 2 aromatic rings. The van der Waals surface area contributed by atoms with E-state index in [1.807, 2.05) is 36.9 Å². The predicted octanol–water partition coefficient (Wildman–Crippen LogP) is 3.45. The van der Waals surface area contributed by atoms with Gasteiger partial charge < -0.3 is 19.7 Å². The van der Waals surface area contributed by atoms with E-state index >= 15 is 0 Å². The third-order valence-corrected chi connectivity index (χ3v) is 6.16. The van der Waals surface area contributed by atoms with E-state index in [0.717, 1.165) is 43.5 Å². The number of likely N-dealkylation sites (tertiary alicyclic amines) is 1. The van der Waals surface area contributed by atoms with Crippen molar-refractivity contribution >= 4 is 29.1 Å². The van der Waals surface area contributed by atoms with E-state index < -0.39 is 6.10 Å². The van der Waals surface area contributed by atoms with Crippen LogP contribution in [-0.4, -0.2) is 55.0 Å². The molecule has 1 N–H and O–H groups in total. The van der Waals surface area contributed by atoms with Crippen molar-refractivity contribution in [2.24, 2.45) is 0 Å². The van der Waals surface area contributed by atoms with Crippen LogP contribution in [0.5, 0.6) is 11.5 Å². The van der Waals surface area contributed by atoms with Crippen molar-refractivity contribution in [1.29, 1.82) is 0 Å². The van der Waals surface area contributed by atoms with Gasteiger partial charge in [0.2, 0.25) is 5.91 Å². The van der Waals surface area contributed by atoms with Crippen molar-refractivity contribution < 1.29 is 23.9 Å². The zero-order chi connectivity index (χ0) is 24.2. The molecule has 0 saturated carbocycles. The number of piperidine rings is 1. The number of nitrogens with one attached hydrogen (secondary N) is 1. The van der Waals surface area contributed by atoms with Gasteiger partial charge in [-0.2, -0.15) is 0 Å². The minimum atomic E-state index is -0.687. The molecule has 4 rings (SSSR count).